The third kappa shape index (κ3) is 3.44. The molecule has 1 heterocycles. The van der Waals surface area contributed by atoms with Gasteiger partial charge in [0.2, 0.25) is 0 Å². The molecule has 0 spiro atoms. The highest BCUT2D eigenvalue weighted by atomic mass is 16.3. The van der Waals surface area contributed by atoms with Gasteiger partial charge in [0.1, 0.15) is 0 Å². The van der Waals surface area contributed by atoms with Gasteiger partial charge in [0.25, 0.3) is 0 Å². The molecule has 0 aromatic heterocycles. The standard InChI is InChI=1S/C13H28N2O/c1-5-13(16)11(3)14(4)12-7-9-15(6-2)10-8-12/h11-13,16H,5-10H2,1-4H3. The summed E-state index contributed by atoms with van der Waals surface area (Å²) in [7, 11) is 2.16. The van der Waals surface area contributed by atoms with Crippen LogP contribution < -0.4 is 0 Å². The average Bonchev–Trinajstić information content (AvgIpc) is 2.36. The van der Waals surface area contributed by atoms with Gasteiger partial charge >= 0.3 is 0 Å². The van der Waals surface area contributed by atoms with Crippen LogP contribution in [0, 0.1) is 0 Å². The summed E-state index contributed by atoms with van der Waals surface area (Å²) in [6.07, 6.45) is 3.14. The van der Waals surface area contributed by atoms with Crippen molar-refractivity contribution in [3.63, 3.8) is 0 Å². The Morgan fingerprint density at radius 3 is 2.31 bits per heavy atom. The summed E-state index contributed by atoms with van der Waals surface area (Å²) >= 11 is 0. The molecule has 1 rings (SSSR count). The van der Waals surface area contributed by atoms with Crippen LogP contribution >= 0.6 is 0 Å². The smallest absolute Gasteiger partial charge is 0.0690 e. The summed E-state index contributed by atoms with van der Waals surface area (Å²) < 4.78 is 0. The normalized spacial score (nSPS) is 23.6. The van der Waals surface area contributed by atoms with E-state index in [4.69, 9.17) is 0 Å². The summed E-state index contributed by atoms with van der Waals surface area (Å²) in [6.45, 7) is 10.0. The van der Waals surface area contributed by atoms with E-state index in [0.29, 0.717) is 6.04 Å². The molecule has 3 nitrogen and oxygen atoms in total. The molecule has 3 heteroatoms. The van der Waals surface area contributed by atoms with Crippen molar-refractivity contribution < 1.29 is 5.11 Å². The highest BCUT2D eigenvalue weighted by Gasteiger charge is 2.27. The van der Waals surface area contributed by atoms with Crippen molar-refractivity contribution in [3.8, 4) is 0 Å². The fraction of sp³-hybridized carbons (Fsp3) is 1.00. The van der Waals surface area contributed by atoms with Crippen LogP contribution in [0.4, 0.5) is 0 Å². The maximum absolute atomic E-state index is 9.87. The molecule has 0 aromatic rings. The second kappa shape index (κ2) is 6.58. The first-order valence-electron chi connectivity index (χ1n) is 6.72. The highest BCUT2D eigenvalue weighted by Crippen LogP contribution is 2.19. The number of aliphatic hydroxyl groups is 1. The maximum atomic E-state index is 9.87. The van der Waals surface area contributed by atoms with E-state index in [1.54, 1.807) is 0 Å². The van der Waals surface area contributed by atoms with Gasteiger partial charge < -0.3 is 10.0 Å². The molecular formula is C13H28N2O. The lowest BCUT2D eigenvalue weighted by molar-refractivity contribution is 0.0277. The molecule has 0 aromatic carbocycles. The Kier molecular flexibility index (Phi) is 5.73. The minimum absolute atomic E-state index is 0.186. The first kappa shape index (κ1) is 13.9. The Hall–Kier alpha value is -0.120. The summed E-state index contributed by atoms with van der Waals surface area (Å²) in [5, 5.41) is 9.87. The molecule has 2 unspecified atom stereocenters. The lowest BCUT2D eigenvalue weighted by atomic mass is 10.00. The largest absolute Gasteiger partial charge is 0.392 e. The van der Waals surface area contributed by atoms with E-state index < -0.39 is 0 Å². The van der Waals surface area contributed by atoms with Crippen molar-refractivity contribution in [1.82, 2.24) is 9.80 Å². The van der Waals surface area contributed by atoms with Crippen LogP contribution in [0.5, 0.6) is 0 Å². The van der Waals surface area contributed by atoms with Gasteiger partial charge in [-0.05, 0) is 52.9 Å². The third-order valence-electron chi connectivity index (χ3n) is 4.20. The summed E-state index contributed by atoms with van der Waals surface area (Å²) in [5.41, 5.74) is 0. The van der Waals surface area contributed by atoms with Crippen molar-refractivity contribution in [2.75, 3.05) is 26.7 Å². The first-order chi connectivity index (χ1) is 7.60. The van der Waals surface area contributed by atoms with E-state index in [2.05, 4.69) is 37.6 Å². The molecule has 96 valence electrons. The van der Waals surface area contributed by atoms with E-state index in [0.717, 1.165) is 6.42 Å². The minimum atomic E-state index is -0.186. The van der Waals surface area contributed by atoms with Gasteiger partial charge in [0.05, 0.1) is 6.10 Å². The number of nitrogens with zero attached hydrogens (tertiary/aromatic N) is 2. The predicted molar refractivity (Wildman–Crippen MR) is 68.7 cm³/mol. The molecule has 0 bridgehead atoms. The van der Waals surface area contributed by atoms with Crippen LogP contribution in [0.15, 0.2) is 0 Å². The Morgan fingerprint density at radius 1 is 1.31 bits per heavy atom. The van der Waals surface area contributed by atoms with Gasteiger partial charge in [-0.3, -0.25) is 4.90 Å². The van der Waals surface area contributed by atoms with E-state index in [9.17, 15) is 5.11 Å². The van der Waals surface area contributed by atoms with Crippen LogP contribution in [0.25, 0.3) is 0 Å². The lowest BCUT2D eigenvalue weighted by Crippen LogP contribution is -2.49. The van der Waals surface area contributed by atoms with Gasteiger partial charge in [0, 0.05) is 12.1 Å². The average molecular weight is 228 g/mol. The number of likely N-dealkylation sites (N-methyl/N-ethyl adjacent to an activating group) is 1. The second-order valence-electron chi connectivity index (χ2n) is 5.05. The quantitative estimate of drug-likeness (QED) is 0.773. The van der Waals surface area contributed by atoms with Gasteiger partial charge in [-0.25, -0.2) is 0 Å². The minimum Gasteiger partial charge on any atom is -0.392 e. The van der Waals surface area contributed by atoms with E-state index in [-0.39, 0.29) is 12.1 Å². The van der Waals surface area contributed by atoms with Gasteiger partial charge in [-0.1, -0.05) is 13.8 Å². The van der Waals surface area contributed by atoms with Crippen molar-refractivity contribution in [3.05, 3.63) is 0 Å². The zero-order valence-electron chi connectivity index (χ0n) is 11.3. The van der Waals surface area contributed by atoms with Crippen LogP contribution in [0.1, 0.15) is 40.0 Å². The number of piperidine rings is 1. The third-order valence-corrected chi connectivity index (χ3v) is 4.20. The number of hydrogen-bond acceptors (Lipinski definition) is 3. The molecule has 0 saturated carbocycles. The predicted octanol–water partition coefficient (Wildman–Crippen LogP) is 1.56. The molecule has 1 saturated heterocycles. The van der Waals surface area contributed by atoms with Crippen molar-refractivity contribution in [1.29, 1.82) is 0 Å². The van der Waals surface area contributed by atoms with Crippen molar-refractivity contribution in [2.24, 2.45) is 0 Å². The van der Waals surface area contributed by atoms with E-state index in [1.165, 1.54) is 32.5 Å². The summed E-state index contributed by atoms with van der Waals surface area (Å²) in [4.78, 5) is 4.88. The van der Waals surface area contributed by atoms with Crippen molar-refractivity contribution in [2.45, 2.75) is 58.2 Å². The molecule has 1 aliphatic heterocycles. The molecule has 1 fully saturated rings. The van der Waals surface area contributed by atoms with Gasteiger partial charge in [0.15, 0.2) is 0 Å². The maximum Gasteiger partial charge on any atom is 0.0690 e. The Morgan fingerprint density at radius 2 is 1.88 bits per heavy atom. The van der Waals surface area contributed by atoms with Crippen LogP contribution in [0.2, 0.25) is 0 Å². The number of rotatable bonds is 5. The Bertz CT molecular complexity index is 190. The lowest BCUT2D eigenvalue weighted by Gasteiger charge is -2.40. The fourth-order valence-corrected chi connectivity index (χ4v) is 2.59. The molecule has 1 aliphatic rings. The number of hydrogen-bond donors (Lipinski definition) is 1. The Labute approximate surface area is 100 Å². The monoisotopic (exact) mass is 228 g/mol. The molecule has 2 atom stereocenters. The highest BCUT2D eigenvalue weighted by molar-refractivity contribution is 4.82. The first-order valence-corrected chi connectivity index (χ1v) is 6.72. The molecule has 0 radical (unpaired) electrons. The molecule has 1 N–H and O–H groups in total. The van der Waals surface area contributed by atoms with Crippen molar-refractivity contribution >= 4 is 0 Å². The zero-order chi connectivity index (χ0) is 12.1. The molecule has 0 aliphatic carbocycles. The van der Waals surface area contributed by atoms with E-state index in [1.807, 2.05) is 0 Å². The summed E-state index contributed by atoms with van der Waals surface area (Å²) in [6, 6.07) is 0.933. The zero-order valence-corrected chi connectivity index (χ0v) is 11.3. The van der Waals surface area contributed by atoms with E-state index >= 15 is 0 Å². The Balaban J connectivity index is 2.40. The SMILES string of the molecule is CCC(O)C(C)N(C)C1CCN(CC)CC1. The molecule has 16 heavy (non-hydrogen) atoms. The summed E-state index contributed by atoms with van der Waals surface area (Å²) in [5.74, 6) is 0. The van der Waals surface area contributed by atoms with Crippen LogP contribution in [-0.2, 0) is 0 Å². The van der Waals surface area contributed by atoms with Gasteiger partial charge in [-0.2, -0.15) is 0 Å². The molecular weight excluding hydrogens is 200 g/mol. The second-order valence-corrected chi connectivity index (χ2v) is 5.05. The van der Waals surface area contributed by atoms with Gasteiger partial charge in [-0.15, -0.1) is 0 Å². The van der Waals surface area contributed by atoms with Crippen LogP contribution in [0.3, 0.4) is 0 Å². The van der Waals surface area contributed by atoms with Crippen LogP contribution in [-0.4, -0.2) is 59.8 Å². The topological polar surface area (TPSA) is 26.7 Å². The molecule has 0 amide bonds. The fourth-order valence-electron chi connectivity index (χ4n) is 2.59. The number of likely N-dealkylation sites (tertiary alicyclic amines) is 1. The number of aliphatic hydroxyl groups excluding tert-OH is 1.